The molecular formula is C28H24ClFN4O4. The molecule has 4 heterocycles. The molecule has 0 radical (unpaired) electrons. The molecule has 0 aliphatic carbocycles. The first-order valence-electron chi connectivity index (χ1n) is 12.3. The highest BCUT2D eigenvalue weighted by molar-refractivity contribution is 6.35. The van der Waals surface area contributed by atoms with Crippen molar-refractivity contribution in [2.24, 2.45) is 0 Å². The minimum absolute atomic E-state index is 0.0171. The zero-order valence-electron chi connectivity index (χ0n) is 20.4. The molecule has 38 heavy (non-hydrogen) atoms. The predicted molar refractivity (Wildman–Crippen MR) is 141 cm³/mol. The zero-order chi connectivity index (χ0) is 26.6. The number of pyridine rings is 1. The SMILES string of the molecule is C=CC(=O)N1CCN2C(=O)c3c(N4CCc5ccccc54)nc(-c4c(O)cccc4F)c(Cl)c3OCC2C1. The number of benzene rings is 2. The number of aromatic nitrogens is 1. The van der Waals surface area contributed by atoms with Crippen LogP contribution in [0.3, 0.4) is 0 Å². The number of aromatic hydroxyl groups is 1. The average molecular weight is 535 g/mol. The van der Waals surface area contributed by atoms with E-state index in [9.17, 15) is 14.7 Å². The van der Waals surface area contributed by atoms with E-state index in [1.54, 1.807) is 9.80 Å². The molecule has 1 N–H and O–H groups in total. The molecule has 2 amide bonds. The van der Waals surface area contributed by atoms with Gasteiger partial charge in [-0.1, -0.05) is 42.4 Å². The smallest absolute Gasteiger partial charge is 0.261 e. The summed E-state index contributed by atoms with van der Waals surface area (Å²) in [7, 11) is 0. The number of ether oxygens (including phenoxy) is 1. The van der Waals surface area contributed by atoms with Crippen molar-refractivity contribution < 1.29 is 23.8 Å². The van der Waals surface area contributed by atoms with Gasteiger partial charge in [-0.25, -0.2) is 9.37 Å². The van der Waals surface area contributed by atoms with Crippen molar-refractivity contribution in [3.05, 3.63) is 77.1 Å². The maximum Gasteiger partial charge on any atom is 0.261 e. The topological polar surface area (TPSA) is 86.2 Å². The van der Waals surface area contributed by atoms with Crippen LogP contribution in [0.2, 0.25) is 5.02 Å². The molecule has 1 atom stereocenters. The number of hydrogen-bond acceptors (Lipinski definition) is 6. The summed E-state index contributed by atoms with van der Waals surface area (Å²) in [6.45, 7) is 5.10. The number of fused-ring (bicyclic) bond motifs is 3. The highest BCUT2D eigenvalue weighted by Gasteiger charge is 2.41. The second-order valence-corrected chi connectivity index (χ2v) is 9.80. The number of carbonyl (C=O) groups excluding carboxylic acids is 2. The Morgan fingerprint density at radius 3 is 2.76 bits per heavy atom. The minimum Gasteiger partial charge on any atom is -0.507 e. The lowest BCUT2D eigenvalue weighted by Crippen LogP contribution is -2.57. The molecule has 0 saturated carbocycles. The van der Waals surface area contributed by atoms with Crippen LogP contribution in [0.1, 0.15) is 15.9 Å². The largest absolute Gasteiger partial charge is 0.507 e. The van der Waals surface area contributed by atoms with E-state index in [1.807, 2.05) is 29.2 Å². The Bertz CT molecular complexity index is 1480. The van der Waals surface area contributed by atoms with E-state index >= 15 is 4.39 Å². The maximum absolute atomic E-state index is 15.0. The van der Waals surface area contributed by atoms with Crippen molar-refractivity contribution in [2.45, 2.75) is 12.5 Å². The number of halogens is 2. The van der Waals surface area contributed by atoms with Crippen molar-refractivity contribution >= 4 is 34.9 Å². The lowest BCUT2D eigenvalue weighted by atomic mass is 10.1. The van der Waals surface area contributed by atoms with Crippen LogP contribution in [0.15, 0.2) is 55.1 Å². The summed E-state index contributed by atoms with van der Waals surface area (Å²) in [5.74, 6) is -1.22. The van der Waals surface area contributed by atoms with Crippen LogP contribution in [-0.2, 0) is 11.2 Å². The molecule has 1 saturated heterocycles. The number of phenolic OH excluding ortho intramolecular Hbond substituents is 1. The van der Waals surface area contributed by atoms with Crippen molar-refractivity contribution in [1.82, 2.24) is 14.8 Å². The molecule has 3 aromatic rings. The number of para-hydroxylation sites is 1. The summed E-state index contributed by atoms with van der Waals surface area (Å²) < 4.78 is 21.2. The van der Waals surface area contributed by atoms with Gasteiger partial charge in [0.25, 0.3) is 5.91 Å². The van der Waals surface area contributed by atoms with Crippen molar-refractivity contribution in [3.63, 3.8) is 0 Å². The number of piperazine rings is 1. The molecule has 194 valence electrons. The summed E-state index contributed by atoms with van der Waals surface area (Å²) in [5, 5.41) is 10.5. The molecule has 8 nitrogen and oxygen atoms in total. The third-order valence-electron chi connectivity index (χ3n) is 7.31. The van der Waals surface area contributed by atoms with Gasteiger partial charge in [0.15, 0.2) is 11.6 Å². The molecule has 3 aliphatic rings. The number of anilines is 2. The number of phenols is 1. The van der Waals surface area contributed by atoms with Crippen molar-refractivity contribution in [3.8, 4) is 22.8 Å². The molecule has 0 bridgehead atoms. The molecule has 1 unspecified atom stereocenters. The summed E-state index contributed by atoms with van der Waals surface area (Å²) >= 11 is 6.79. The number of carbonyl (C=O) groups is 2. The lowest BCUT2D eigenvalue weighted by Gasteiger charge is -2.39. The third kappa shape index (κ3) is 3.77. The first-order chi connectivity index (χ1) is 18.4. The van der Waals surface area contributed by atoms with Gasteiger partial charge >= 0.3 is 0 Å². The van der Waals surface area contributed by atoms with Gasteiger partial charge in [-0.2, -0.15) is 0 Å². The van der Waals surface area contributed by atoms with Crippen molar-refractivity contribution in [1.29, 1.82) is 0 Å². The Morgan fingerprint density at radius 2 is 1.97 bits per heavy atom. The van der Waals surface area contributed by atoms with Gasteiger partial charge in [-0.3, -0.25) is 9.59 Å². The Labute approximate surface area is 223 Å². The number of hydrogen-bond donors (Lipinski definition) is 1. The van der Waals surface area contributed by atoms with Crippen LogP contribution < -0.4 is 9.64 Å². The predicted octanol–water partition coefficient (Wildman–Crippen LogP) is 4.17. The van der Waals surface area contributed by atoms with Gasteiger partial charge in [0.05, 0.1) is 11.6 Å². The monoisotopic (exact) mass is 534 g/mol. The molecular weight excluding hydrogens is 511 g/mol. The van der Waals surface area contributed by atoms with Crippen LogP contribution in [-0.4, -0.2) is 70.5 Å². The zero-order valence-corrected chi connectivity index (χ0v) is 21.1. The quantitative estimate of drug-likeness (QED) is 0.508. The van der Waals surface area contributed by atoms with E-state index in [1.165, 1.54) is 24.3 Å². The number of nitrogens with zero attached hydrogens (tertiary/aromatic N) is 4. The second kappa shape index (κ2) is 9.33. The average Bonchev–Trinajstić information content (AvgIpc) is 3.29. The molecule has 2 aromatic carbocycles. The Balaban J connectivity index is 1.54. The van der Waals surface area contributed by atoms with E-state index in [2.05, 4.69) is 6.58 Å². The van der Waals surface area contributed by atoms with E-state index in [-0.39, 0.29) is 64.1 Å². The molecule has 10 heteroatoms. The van der Waals surface area contributed by atoms with E-state index in [0.717, 1.165) is 17.7 Å². The van der Waals surface area contributed by atoms with Crippen LogP contribution in [0, 0.1) is 5.82 Å². The van der Waals surface area contributed by atoms with E-state index in [4.69, 9.17) is 21.3 Å². The summed E-state index contributed by atoms with van der Waals surface area (Å²) in [6.07, 6.45) is 1.98. The summed E-state index contributed by atoms with van der Waals surface area (Å²) in [5.41, 5.74) is 1.96. The van der Waals surface area contributed by atoms with Gasteiger partial charge in [-0.05, 0) is 36.3 Å². The fourth-order valence-electron chi connectivity index (χ4n) is 5.44. The van der Waals surface area contributed by atoms with Gasteiger partial charge in [-0.15, -0.1) is 0 Å². The first kappa shape index (κ1) is 24.2. The van der Waals surface area contributed by atoms with Crippen LogP contribution in [0.25, 0.3) is 11.3 Å². The molecule has 1 aromatic heterocycles. The molecule has 1 fully saturated rings. The standard InChI is InChI=1S/C28H24ClFN4O4/c1-2-21(36)32-12-13-33-17(14-32)15-38-26-23(28(33)37)27(34-11-10-16-6-3-4-8-19(16)34)31-25(24(26)29)22-18(30)7-5-9-20(22)35/h2-9,17,35H,1,10-15H2. The van der Waals surface area contributed by atoms with Gasteiger partial charge in [0, 0.05) is 31.9 Å². The third-order valence-corrected chi connectivity index (χ3v) is 7.66. The normalized spacial score (nSPS) is 18.3. The fraction of sp³-hybridized carbons (Fsp3) is 0.250. The molecule has 0 spiro atoms. The van der Waals surface area contributed by atoms with Crippen LogP contribution in [0.4, 0.5) is 15.9 Å². The Hall–Kier alpha value is -4.11. The first-order valence-corrected chi connectivity index (χ1v) is 12.7. The highest BCUT2D eigenvalue weighted by atomic mass is 35.5. The minimum atomic E-state index is -0.705. The Kier molecular flexibility index (Phi) is 5.95. The second-order valence-electron chi connectivity index (χ2n) is 9.42. The lowest BCUT2D eigenvalue weighted by molar-refractivity contribution is -0.128. The van der Waals surface area contributed by atoms with Crippen molar-refractivity contribution in [2.75, 3.05) is 37.7 Å². The summed E-state index contributed by atoms with van der Waals surface area (Å²) in [4.78, 5) is 36.3. The highest BCUT2D eigenvalue weighted by Crippen LogP contribution is 2.48. The fourth-order valence-corrected chi connectivity index (χ4v) is 5.73. The Morgan fingerprint density at radius 1 is 1.16 bits per heavy atom. The van der Waals surface area contributed by atoms with Gasteiger partial charge in [0.1, 0.15) is 34.5 Å². The summed E-state index contributed by atoms with van der Waals surface area (Å²) in [6, 6.07) is 11.3. The van der Waals surface area contributed by atoms with E-state index < -0.39 is 11.9 Å². The molecule has 6 rings (SSSR count). The van der Waals surface area contributed by atoms with Crippen LogP contribution in [0.5, 0.6) is 11.5 Å². The number of amides is 2. The van der Waals surface area contributed by atoms with Crippen LogP contribution >= 0.6 is 11.6 Å². The number of rotatable bonds is 3. The maximum atomic E-state index is 15.0. The van der Waals surface area contributed by atoms with E-state index in [0.29, 0.717) is 19.6 Å². The van der Waals surface area contributed by atoms with Gasteiger partial charge < -0.3 is 24.5 Å². The molecule has 3 aliphatic heterocycles. The van der Waals surface area contributed by atoms with Gasteiger partial charge in [0.2, 0.25) is 5.91 Å².